The van der Waals surface area contributed by atoms with Gasteiger partial charge in [0.1, 0.15) is 0 Å². The molecular formula is C16H28N2S. The maximum atomic E-state index is 3.70. The second kappa shape index (κ2) is 6.87. The van der Waals surface area contributed by atoms with E-state index in [9.17, 15) is 0 Å². The maximum Gasteiger partial charge on any atom is 0.0302 e. The quantitative estimate of drug-likeness (QED) is 0.880. The molecule has 1 aliphatic heterocycles. The van der Waals surface area contributed by atoms with Crippen LogP contribution in [0.5, 0.6) is 0 Å². The molecule has 1 saturated heterocycles. The first-order valence-electron chi connectivity index (χ1n) is 7.58. The molecule has 1 aromatic heterocycles. The normalized spacial score (nSPS) is 22.6. The Hall–Kier alpha value is -0.380. The van der Waals surface area contributed by atoms with Gasteiger partial charge in [0.15, 0.2) is 0 Å². The fraction of sp³-hybridized carbons (Fsp3) is 0.750. The molecule has 2 rings (SSSR count). The summed E-state index contributed by atoms with van der Waals surface area (Å²) in [7, 11) is 2.28. The molecule has 2 unspecified atom stereocenters. The van der Waals surface area contributed by atoms with Gasteiger partial charge in [-0.3, -0.25) is 0 Å². The third kappa shape index (κ3) is 4.04. The van der Waals surface area contributed by atoms with Crippen molar-refractivity contribution < 1.29 is 0 Å². The molecule has 2 heterocycles. The van der Waals surface area contributed by atoms with Crippen LogP contribution < -0.4 is 5.32 Å². The Morgan fingerprint density at radius 1 is 1.42 bits per heavy atom. The van der Waals surface area contributed by atoms with Crippen molar-refractivity contribution in [2.24, 2.45) is 0 Å². The fourth-order valence-electron chi connectivity index (χ4n) is 3.17. The summed E-state index contributed by atoms with van der Waals surface area (Å²) in [5, 5.41) is 3.70. The Balaban J connectivity index is 1.77. The monoisotopic (exact) mass is 280 g/mol. The molecule has 0 spiro atoms. The Bertz CT molecular complexity index is 399. The summed E-state index contributed by atoms with van der Waals surface area (Å²) in [6, 6.07) is 3.61. The molecule has 1 N–H and O–H groups in total. The lowest BCUT2D eigenvalue weighted by atomic mass is 10.00. The van der Waals surface area contributed by atoms with E-state index < -0.39 is 0 Å². The highest BCUT2D eigenvalue weighted by molar-refractivity contribution is 7.12. The first-order valence-corrected chi connectivity index (χ1v) is 8.40. The number of nitrogens with one attached hydrogen (secondary N) is 1. The highest BCUT2D eigenvalue weighted by Crippen LogP contribution is 2.26. The van der Waals surface area contributed by atoms with Gasteiger partial charge < -0.3 is 10.2 Å². The highest BCUT2D eigenvalue weighted by Gasteiger charge is 2.18. The lowest BCUT2D eigenvalue weighted by Gasteiger charge is -2.32. The molecule has 0 amide bonds. The maximum absolute atomic E-state index is 3.70. The highest BCUT2D eigenvalue weighted by atomic mass is 32.1. The molecule has 0 saturated carbocycles. The van der Waals surface area contributed by atoms with Gasteiger partial charge in [-0.15, -0.1) is 11.3 Å². The van der Waals surface area contributed by atoms with Crippen LogP contribution in [0.4, 0.5) is 0 Å². The van der Waals surface area contributed by atoms with Gasteiger partial charge in [0.25, 0.3) is 0 Å². The number of aryl methyl sites for hydroxylation is 2. The topological polar surface area (TPSA) is 15.3 Å². The van der Waals surface area contributed by atoms with Gasteiger partial charge in [0, 0.05) is 21.8 Å². The summed E-state index contributed by atoms with van der Waals surface area (Å²) < 4.78 is 0. The zero-order valence-electron chi connectivity index (χ0n) is 12.8. The molecule has 1 aromatic rings. The van der Waals surface area contributed by atoms with Crippen LogP contribution in [0.1, 0.15) is 54.0 Å². The van der Waals surface area contributed by atoms with Gasteiger partial charge in [-0.25, -0.2) is 0 Å². The summed E-state index contributed by atoms with van der Waals surface area (Å²) in [5.41, 5.74) is 1.49. The van der Waals surface area contributed by atoms with Gasteiger partial charge in [-0.1, -0.05) is 6.42 Å². The smallest absolute Gasteiger partial charge is 0.0302 e. The first kappa shape index (κ1) is 15.0. The van der Waals surface area contributed by atoms with Gasteiger partial charge >= 0.3 is 0 Å². The lowest BCUT2D eigenvalue weighted by molar-refractivity contribution is 0.174. The molecule has 0 aromatic carbocycles. The van der Waals surface area contributed by atoms with Crippen LogP contribution in [-0.4, -0.2) is 31.1 Å². The number of nitrogens with zero attached hydrogens (tertiary/aromatic N) is 1. The standard InChI is InChI=1S/C16H28N2S/c1-12-11-16(14(3)19-12)13(2)17-9-8-15-7-5-6-10-18(15)4/h11,13,15,17H,5-10H2,1-4H3. The minimum absolute atomic E-state index is 0.485. The second-order valence-corrected chi connectivity index (χ2v) is 7.42. The average Bonchev–Trinajstić information content (AvgIpc) is 2.71. The summed E-state index contributed by atoms with van der Waals surface area (Å²) in [4.78, 5) is 5.43. The van der Waals surface area contributed by atoms with Gasteiger partial charge in [0.05, 0.1) is 0 Å². The SMILES string of the molecule is Cc1cc(C(C)NCCC2CCCCN2C)c(C)s1. The van der Waals surface area contributed by atoms with E-state index in [4.69, 9.17) is 0 Å². The van der Waals surface area contributed by atoms with E-state index in [1.807, 2.05) is 11.3 Å². The molecule has 0 bridgehead atoms. The van der Waals surface area contributed by atoms with Crippen LogP contribution in [0.2, 0.25) is 0 Å². The van der Waals surface area contributed by atoms with Crippen molar-refractivity contribution in [3.05, 3.63) is 21.4 Å². The molecule has 19 heavy (non-hydrogen) atoms. The summed E-state index contributed by atoms with van der Waals surface area (Å²) in [5.74, 6) is 0. The van der Waals surface area contributed by atoms with Crippen molar-refractivity contribution in [1.82, 2.24) is 10.2 Å². The second-order valence-electron chi connectivity index (χ2n) is 5.96. The van der Waals surface area contributed by atoms with Crippen LogP contribution in [0.15, 0.2) is 6.07 Å². The van der Waals surface area contributed by atoms with Crippen LogP contribution in [0.3, 0.4) is 0 Å². The van der Waals surface area contributed by atoms with Crippen LogP contribution >= 0.6 is 11.3 Å². The van der Waals surface area contributed by atoms with Crippen molar-refractivity contribution in [2.45, 2.75) is 58.5 Å². The van der Waals surface area contributed by atoms with Crippen LogP contribution in [0, 0.1) is 13.8 Å². The number of rotatable bonds is 5. The Labute approximate surface area is 122 Å². The number of piperidine rings is 1. The number of hydrogen-bond acceptors (Lipinski definition) is 3. The van der Waals surface area contributed by atoms with E-state index in [-0.39, 0.29) is 0 Å². The summed E-state index contributed by atoms with van der Waals surface area (Å²) >= 11 is 1.91. The minimum Gasteiger partial charge on any atom is -0.310 e. The number of likely N-dealkylation sites (tertiary alicyclic amines) is 1. The predicted octanol–water partition coefficient (Wildman–Crippen LogP) is 3.89. The van der Waals surface area contributed by atoms with E-state index in [1.54, 1.807) is 0 Å². The molecule has 108 valence electrons. The average molecular weight is 280 g/mol. The van der Waals surface area contributed by atoms with E-state index in [0.29, 0.717) is 6.04 Å². The molecule has 0 radical (unpaired) electrons. The summed E-state index contributed by atoms with van der Waals surface area (Å²) in [6.45, 7) is 9.14. The van der Waals surface area contributed by atoms with Crippen molar-refractivity contribution in [3.8, 4) is 0 Å². The Morgan fingerprint density at radius 3 is 2.84 bits per heavy atom. The third-order valence-corrected chi connectivity index (χ3v) is 5.38. The van der Waals surface area contributed by atoms with E-state index in [0.717, 1.165) is 12.6 Å². The van der Waals surface area contributed by atoms with Gasteiger partial charge in [0.2, 0.25) is 0 Å². The largest absolute Gasteiger partial charge is 0.310 e. The minimum atomic E-state index is 0.485. The van der Waals surface area contributed by atoms with E-state index in [1.165, 1.54) is 47.5 Å². The van der Waals surface area contributed by atoms with Gasteiger partial charge in [-0.2, -0.15) is 0 Å². The molecule has 3 heteroatoms. The third-order valence-electron chi connectivity index (χ3n) is 4.40. The van der Waals surface area contributed by atoms with Gasteiger partial charge in [-0.05, 0) is 71.8 Å². The van der Waals surface area contributed by atoms with Crippen molar-refractivity contribution in [2.75, 3.05) is 20.1 Å². The van der Waals surface area contributed by atoms with Crippen molar-refractivity contribution in [1.29, 1.82) is 0 Å². The number of thiophene rings is 1. The fourth-order valence-corrected chi connectivity index (χ4v) is 4.19. The zero-order valence-corrected chi connectivity index (χ0v) is 13.6. The molecule has 1 aliphatic rings. The van der Waals surface area contributed by atoms with Crippen LogP contribution in [0.25, 0.3) is 0 Å². The number of hydrogen-bond donors (Lipinski definition) is 1. The first-order chi connectivity index (χ1) is 9.08. The molecule has 2 atom stereocenters. The summed E-state index contributed by atoms with van der Waals surface area (Å²) in [6.07, 6.45) is 5.45. The molecular weight excluding hydrogens is 252 g/mol. The van der Waals surface area contributed by atoms with E-state index in [2.05, 4.69) is 44.1 Å². The molecule has 1 fully saturated rings. The molecule has 2 nitrogen and oxygen atoms in total. The lowest BCUT2D eigenvalue weighted by Crippen LogP contribution is -2.38. The van der Waals surface area contributed by atoms with Crippen LogP contribution in [-0.2, 0) is 0 Å². The predicted molar refractivity (Wildman–Crippen MR) is 85.1 cm³/mol. The Kier molecular flexibility index (Phi) is 5.43. The van der Waals surface area contributed by atoms with Crippen molar-refractivity contribution in [3.63, 3.8) is 0 Å². The zero-order chi connectivity index (χ0) is 13.8. The Morgan fingerprint density at radius 2 is 2.21 bits per heavy atom. The van der Waals surface area contributed by atoms with E-state index >= 15 is 0 Å². The van der Waals surface area contributed by atoms with Crippen molar-refractivity contribution >= 4 is 11.3 Å². The molecule has 0 aliphatic carbocycles.